The van der Waals surface area contributed by atoms with Gasteiger partial charge in [0.05, 0.1) is 0 Å². The molecule has 0 aromatic carbocycles. The topological polar surface area (TPSA) is 88.4 Å². The molecule has 3 rings (SSSR count). The van der Waals surface area contributed by atoms with Crippen LogP contribution in [0, 0.1) is 0 Å². The molecule has 1 aliphatic rings. The number of aromatic nitrogens is 3. The van der Waals surface area contributed by atoms with Gasteiger partial charge in [-0.2, -0.15) is 0 Å². The number of piperidine rings is 1. The molecule has 0 spiro atoms. The first-order valence-corrected chi connectivity index (χ1v) is 11.2. The van der Waals surface area contributed by atoms with Gasteiger partial charge in [0.2, 0.25) is 10.0 Å². The van der Waals surface area contributed by atoms with E-state index < -0.39 is 10.0 Å². The zero-order chi connectivity index (χ0) is 19.8. The molecule has 27 heavy (non-hydrogen) atoms. The lowest BCUT2D eigenvalue weighted by molar-refractivity contribution is 0.0711. The van der Waals surface area contributed by atoms with Gasteiger partial charge in [0, 0.05) is 39.1 Å². The molecule has 0 saturated carbocycles. The second-order valence-electron chi connectivity index (χ2n) is 7.16. The molecule has 2 aromatic heterocycles. The van der Waals surface area contributed by atoms with Crippen molar-refractivity contribution in [2.45, 2.75) is 43.5 Å². The first kappa shape index (κ1) is 20.0. The van der Waals surface area contributed by atoms with E-state index in [2.05, 4.69) is 28.6 Å². The Labute approximate surface area is 163 Å². The molecule has 0 atom stereocenters. The molecular weight excluding hydrogens is 386 g/mol. The van der Waals surface area contributed by atoms with E-state index in [0.29, 0.717) is 19.1 Å². The summed E-state index contributed by atoms with van der Waals surface area (Å²) < 4.78 is 28.1. The van der Waals surface area contributed by atoms with Crippen LogP contribution in [0.3, 0.4) is 0 Å². The third-order valence-electron chi connectivity index (χ3n) is 4.89. The first-order chi connectivity index (χ1) is 12.7. The summed E-state index contributed by atoms with van der Waals surface area (Å²) in [5.41, 5.74) is 0. The number of likely N-dealkylation sites (tertiary alicyclic amines) is 1. The third-order valence-corrected chi connectivity index (χ3v) is 7.78. The normalized spacial score (nSPS) is 16.4. The minimum Gasteiger partial charge on any atom is -0.338 e. The molecule has 2 aromatic rings. The SMILES string of the molecule is CC(C)n1cnnc1C1CCN(C(=O)c2sccc2S(=O)(=O)N(C)C)CC1. The van der Waals surface area contributed by atoms with E-state index in [0.717, 1.165) is 23.0 Å². The summed E-state index contributed by atoms with van der Waals surface area (Å²) in [4.78, 5) is 15.1. The molecule has 1 saturated heterocycles. The second kappa shape index (κ2) is 7.69. The molecular formula is C17H25N5O3S2. The van der Waals surface area contributed by atoms with Crippen LogP contribution in [0.15, 0.2) is 22.7 Å². The van der Waals surface area contributed by atoms with Crippen LogP contribution in [-0.4, -0.2) is 65.5 Å². The van der Waals surface area contributed by atoms with Gasteiger partial charge in [-0.15, -0.1) is 21.5 Å². The summed E-state index contributed by atoms with van der Waals surface area (Å²) in [6.07, 6.45) is 3.33. The molecule has 1 fully saturated rings. The van der Waals surface area contributed by atoms with Crippen LogP contribution in [0.4, 0.5) is 0 Å². The minimum atomic E-state index is -3.63. The van der Waals surface area contributed by atoms with Crippen molar-refractivity contribution in [2.75, 3.05) is 27.2 Å². The van der Waals surface area contributed by atoms with Crippen LogP contribution in [0.25, 0.3) is 0 Å². The number of thiophene rings is 1. The maximum Gasteiger partial charge on any atom is 0.265 e. The number of carbonyl (C=O) groups excluding carboxylic acids is 1. The van der Waals surface area contributed by atoms with E-state index in [1.54, 1.807) is 16.6 Å². The zero-order valence-electron chi connectivity index (χ0n) is 16.0. The van der Waals surface area contributed by atoms with E-state index in [1.165, 1.54) is 31.5 Å². The average molecular weight is 412 g/mol. The summed E-state index contributed by atoms with van der Waals surface area (Å²) in [5.74, 6) is 1.01. The average Bonchev–Trinajstić information content (AvgIpc) is 3.30. The number of hydrogen-bond donors (Lipinski definition) is 0. The van der Waals surface area contributed by atoms with E-state index in [-0.39, 0.29) is 21.6 Å². The van der Waals surface area contributed by atoms with Crippen LogP contribution in [0.1, 0.15) is 54.1 Å². The Morgan fingerprint density at radius 1 is 1.30 bits per heavy atom. The van der Waals surface area contributed by atoms with E-state index in [4.69, 9.17) is 0 Å². The van der Waals surface area contributed by atoms with Crippen molar-refractivity contribution in [3.63, 3.8) is 0 Å². The largest absolute Gasteiger partial charge is 0.338 e. The van der Waals surface area contributed by atoms with Gasteiger partial charge in [-0.25, -0.2) is 12.7 Å². The van der Waals surface area contributed by atoms with Crippen LogP contribution in [-0.2, 0) is 10.0 Å². The fourth-order valence-corrected chi connectivity index (χ4v) is 5.54. The van der Waals surface area contributed by atoms with E-state index in [1.807, 2.05) is 0 Å². The third kappa shape index (κ3) is 3.78. The highest BCUT2D eigenvalue weighted by Crippen LogP contribution is 2.31. The van der Waals surface area contributed by atoms with Gasteiger partial charge in [-0.3, -0.25) is 4.79 Å². The number of carbonyl (C=O) groups is 1. The van der Waals surface area contributed by atoms with E-state index in [9.17, 15) is 13.2 Å². The lowest BCUT2D eigenvalue weighted by Crippen LogP contribution is -2.39. The molecule has 0 unspecified atom stereocenters. The first-order valence-electron chi connectivity index (χ1n) is 8.92. The Morgan fingerprint density at radius 3 is 2.56 bits per heavy atom. The highest BCUT2D eigenvalue weighted by molar-refractivity contribution is 7.89. The van der Waals surface area contributed by atoms with Gasteiger partial charge >= 0.3 is 0 Å². The fraction of sp³-hybridized carbons (Fsp3) is 0.588. The monoisotopic (exact) mass is 411 g/mol. The van der Waals surface area contributed by atoms with Crippen molar-refractivity contribution < 1.29 is 13.2 Å². The van der Waals surface area contributed by atoms with Gasteiger partial charge in [-0.1, -0.05) is 0 Å². The molecule has 0 radical (unpaired) electrons. The van der Waals surface area contributed by atoms with Crippen LogP contribution in [0.5, 0.6) is 0 Å². The quantitative estimate of drug-likeness (QED) is 0.752. The molecule has 1 amide bonds. The number of rotatable bonds is 5. The van der Waals surface area contributed by atoms with Crippen molar-refractivity contribution in [1.29, 1.82) is 0 Å². The standard InChI is InChI=1S/C17H25N5O3S2/c1-12(2)22-11-18-19-16(22)13-5-8-21(9-6-13)17(23)15-14(7-10-26-15)27(24,25)20(3)4/h7,10-13H,5-6,8-9H2,1-4H3. The summed E-state index contributed by atoms with van der Waals surface area (Å²) in [6.45, 7) is 5.34. The van der Waals surface area contributed by atoms with Gasteiger partial charge in [0.15, 0.2) is 0 Å². The molecule has 148 valence electrons. The number of hydrogen-bond acceptors (Lipinski definition) is 6. The Balaban J connectivity index is 1.73. The van der Waals surface area contributed by atoms with Crippen LogP contribution in [0.2, 0.25) is 0 Å². The van der Waals surface area contributed by atoms with Crippen molar-refractivity contribution >= 4 is 27.3 Å². The van der Waals surface area contributed by atoms with Gasteiger partial charge in [-0.05, 0) is 38.1 Å². The van der Waals surface area contributed by atoms with Crippen molar-refractivity contribution in [2.24, 2.45) is 0 Å². The smallest absolute Gasteiger partial charge is 0.265 e. The Morgan fingerprint density at radius 2 is 1.96 bits per heavy atom. The van der Waals surface area contributed by atoms with Crippen molar-refractivity contribution in [3.8, 4) is 0 Å². The minimum absolute atomic E-state index is 0.0872. The molecule has 3 heterocycles. The van der Waals surface area contributed by atoms with Crippen molar-refractivity contribution in [1.82, 2.24) is 24.0 Å². The van der Waals surface area contributed by atoms with Crippen molar-refractivity contribution in [3.05, 3.63) is 28.5 Å². The Hall–Kier alpha value is -1.78. The highest BCUT2D eigenvalue weighted by atomic mass is 32.2. The maximum absolute atomic E-state index is 12.9. The Bertz CT molecular complexity index is 909. The molecule has 10 heteroatoms. The van der Waals surface area contributed by atoms with Crippen LogP contribution >= 0.6 is 11.3 Å². The molecule has 0 bridgehead atoms. The van der Waals surface area contributed by atoms with Crippen LogP contribution < -0.4 is 0 Å². The lowest BCUT2D eigenvalue weighted by atomic mass is 9.95. The van der Waals surface area contributed by atoms with Gasteiger partial charge in [0.25, 0.3) is 5.91 Å². The highest BCUT2D eigenvalue weighted by Gasteiger charge is 2.32. The molecule has 1 aliphatic heterocycles. The fourth-order valence-electron chi connectivity index (χ4n) is 3.28. The number of sulfonamides is 1. The molecule has 0 aliphatic carbocycles. The predicted molar refractivity (Wildman–Crippen MR) is 103 cm³/mol. The predicted octanol–water partition coefficient (Wildman–Crippen LogP) is 2.19. The molecule has 8 nitrogen and oxygen atoms in total. The molecule has 0 N–H and O–H groups in total. The summed E-state index contributed by atoms with van der Waals surface area (Å²) in [7, 11) is -0.695. The Kier molecular flexibility index (Phi) is 5.68. The summed E-state index contributed by atoms with van der Waals surface area (Å²) >= 11 is 1.18. The maximum atomic E-state index is 12.9. The number of amides is 1. The number of nitrogens with zero attached hydrogens (tertiary/aromatic N) is 5. The van der Waals surface area contributed by atoms with E-state index >= 15 is 0 Å². The van der Waals surface area contributed by atoms with Gasteiger partial charge in [0.1, 0.15) is 21.9 Å². The second-order valence-corrected chi connectivity index (χ2v) is 10.2. The lowest BCUT2D eigenvalue weighted by Gasteiger charge is -2.32. The zero-order valence-corrected chi connectivity index (χ0v) is 17.6. The summed E-state index contributed by atoms with van der Waals surface area (Å²) in [6, 6.07) is 1.80. The van der Waals surface area contributed by atoms with Gasteiger partial charge < -0.3 is 9.47 Å². The summed E-state index contributed by atoms with van der Waals surface area (Å²) in [5, 5.41) is 9.96.